The number of fused-ring (bicyclic) bond motifs is 1. The lowest BCUT2D eigenvalue weighted by Crippen LogP contribution is -2.70. The van der Waals surface area contributed by atoms with Crippen LogP contribution in [0.3, 0.4) is 0 Å². The van der Waals surface area contributed by atoms with E-state index < -0.39 is 35.3 Å². The number of esters is 1. The molecule has 10 nitrogen and oxygen atoms in total. The highest BCUT2D eigenvalue weighted by Gasteiger charge is 2.57. The number of thioether (sulfide) groups is 1. The summed E-state index contributed by atoms with van der Waals surface area (Å²) in [6.45, 7) is 3.59. The first-order valence-corrected chi connectivity index (χ1v) is 14.5. The van der Waals surface area contributed by atoms with Gasteiger partial charge in [-0.25, -0.2) is 9.86 Å². The van der Waals surface area contributed by atoms with Gasteiger partial charge in [0.2, 0.25) is 12.3 Å². The summed E-state index contributed by atoms with van der Waals surface area (Å²) in [6, 6.07) is 24.0. The van der Waals surface area contributed by atoms with Crippen LogP contribution in [0.25, 0.3) is 0 Å². The summed E-state index contributed by atoms with van der Waals surface area (Å²) >= 11 is 1.38. The molecule has 2 atom stereocenters. The van der Waals surface area contributed by atoms with Crippen molar-refractivity contribution in [1.29, 1.82) is 0 Å². The van der Waals surface area contributed by atoms with Crippen LogP contribution in [0, 0.1) is 0 Å². The topological polar surface area (TPSA) is 128 Å². The molecule has 3 aromatic carbocycles. The van der Waals surface area contributed by atoms with Crippen molar-refractivity contribution in [3.63, 3.8) is 0 Å². The average Bonchev–Trinajstić information content (AvgIpc) is 3.04. The molecule has 0 saturated carbocycles. The van der Waals surface area contributed by atoms with Crippen LogP contribution >= 0.6 is 11.8 Å². The molecule has 3 amide bonds. The molecule has 0 aliphatic carbocycles. The van der Waals surface area contributed by atoms with Crippen LogP contribution in [-0.4, -0.2) is 64.5 Å². The van der Waals surface area contributed by atoms with Crippen molar-refractivity contribution >= 4 is 36.0 Å². The second-order valence-electron chi connectivity index (χ2n) is 9.64. The van der Waals surface area contributed by atoms with Gasteiger partial charge in [-0.3, -0.25) is 24.1 Å². The average molecular weight is 600 g/mol. The smallest absolute Gasteiger partial charge is 0.356 e. The zero-order valence-electron chi connectivity index (χ0n) is 23.0. The number of β-lactam (4-membered cyclic amide) rings is 1. The fourth-order valence-corrected chi connectivity index (χ4v) is 6.18. The van der Waals surface area contributed by atoms with E-state index in [1.807, 2.05) is 60.7 Å². The number of hydroxylamine groups is 2. The summed E-state index contributed by atoms with van der Waals surface area (Å²) in [5.74, 6) is -0.986. The second-order valence-corrected chi connectivity index (χ2v) is 10.7. The summed E-state index contributed by atoms with van der Waals surface area (Å²) in [5.41, 5.74) is 7.77. The van der Waals surface area contributed by atoms with Gasteiger partial charge >= 0.3 is 5.97 Å². The molecule has 2 heterocycles. The van der Waals surface area contributed by atoms with Crippen molar-refractivity contribution in [2.24, 2.45) is 5.73 Å². The molecule has 11 heteroatoms. The molecule has 2 N–H and O–H groups in total. The van der Waals surface area contributed by atoms with Crippen LogP contribution < -0.4 is 10.5 Å². The third-order valence-corrected chi connectivity index (χ3v) is 8.24. The van der Waals surface area contributed by atoms with Gasteiger partial charge in [-0.2, -0.15) is 0 Å². The molecule has 220 valence electrons. The molecule has 1 saturated heterocycles. The van der Waals surface area contributed by atoms with Crippen LogP contribution in [0.15, 0.2) is 109 Å². The maximum Gasteiger partial charge on any atom is 0.356 e. The van der Waals surface area contributed by atoms with Crippen LogP contribution in [-0.2, 0) is 24.0 Å². The van der Waals surface area contributed by atoms with Crippen molar-refractivity contribution in [2.45, 2.75) is 17.5 Å². The molecule has 1 unspecified atom stereocenters. The number of primary amides is 1. The Balaban J connectivity index is 1.46. The number of rotatable bonds is 13. The highest BCUT2D eigenvalue weighted by molar-refractivity contribution is 8.00. The number of carbonyl (C=O) groups is 4. The Morgan fingerprint density at radius 1 is 1.02 bits per heavy atom. The van der Waals surface area contributed by atoms with Gasteiger partial charge in [0.1, 0.15) is 23.4 Å². The lowest BCUT2D eigenvalue weighted by Gasteiger charge is -2.51. The lowest BCUT2D eigenvalue weighted by molar-refractivity contribution is -0.205. The Morgan fingerprint density at radius 3 is 2.21 bits per heavy atom. The van der Waals surface area contributed by atoms with Crippen LogP contribution in [0.2, 0.25) is 0 Å². The summed E-state index contributed by atoms with van der Waals surface area (Å²) in [7, 11) is 0. The molecule has 3 aromatic rings. The van der Waals surface area contributed by atoms with Gasteiger partial charge in [-0.15, -0.1) is 18.3 Å². The van der Waals surface area contributed by atoms with E-state index in [4.69, 9.17) is 20.0 Å². The number of nitrogens with two attached hydrogens (primary N) is 1. The zero-order chi connectivity index (χ0) is 30.3. The van der Waals surface area contributed by atoms with E-state index >= 15 is 0 Å². The van der Waals surface area contributed by atoms with E-state index in [-0.39, 0.29) is 18.9 Å². The molecule has 0 bridgehead atoms. The van der Waals surface area contributed by atoms with Crippen LogP contribution in [0.4, 0.5) is 0 Å². The first-order valence-electron chi connectivity index (χ1n) is 13.4. The molecular formula is C32H29N3O7S. The molecule has 2 aliphatic rings. The van der Waals surface area contributed by atoms with Crippen molar-refractivity contribution < 1.29 is 33.5 Å². The molecule has 0 spiro atoms. The zero-order valence-corrected chi connectivity index (χ0v) is 23.9. The van der Waals surface area contributed by atoms with Crippen LogP contribution in [0.1, 0.15) is 27.6 Å². The Morgan fingerprint density at radius 2 is 1.65 bits per heavy atom. The van der Waals surface area contributed by atoms with E-state index in [1.165, 1.54) is 34.9 Å². The third kappa shape index (κ3) is 6.32. The Hall–Kier alpha value is -4.87. The van der Waals surface area contributed by atoms with Crippen molar-refractivity contribution in [2.75, 3.05) is 19.0 Å². The van der Waals surface area contributed by atoms with E-state index in [2.05, 4.69) is 6.58 Å². The molecule has 0 radical (unpaired) electrons. The SMILES string of the molecule is C=CCON(C=O)C1C(=O)N2C(C(=O)OC(c3ccccc3)c3ccccc3)=C(COc3ccc(C(N)=O)cc3)CS[C@H]12. The molecular weight excluding hydrogens is 570 g/mol. The normalized spacial score (nSPS) is 17.5. The molecule has 1 fully saturated rings. The van der Waals surface area contributed by atoms with Crippen LogP contribution in [0.5, 0.6) is 5.75 Å². The van der Waals surface area contributed by atoms with Crippen molar-refractivity contribution in [3.05, 3.63) is 126 Å². The predicted molar refractivity (Wildman–Crippen MR) is 159 cm³/mol. The number of nitrogens with zero attached hydrogens (tertiary/aromatic N) is 2. The van der Waals surface area contributed by atoms with E-state index in [0.717, 1.165) is 16.2 Å². The number of ether oxygens (including phenoxy) is 2. The van der Waals surface area contributed by atoms with Gasteiger partial charge in [0.25, 0.3) is 5.91 Å². The Labute approximate surface area is 252 Å². The summed E-state index contributed by atoms with van der Waals surface area (Å²) < 4.78 is 12.1. The highest BCUT2D eigenvalue weighted by atomic mass is 32.2. The van der Waals surface area contributed by atoms with Gasteiger partial charge in [0.05, 0.1) is 6.61 Å². The maximum atomic E-state index is 14.0. The van der Waals surface area contributed by atoms with Gasteiger partial charge in [0, 0.05) is 16.9 Å². The molecule has 43 heavy (non-hydrogen) atoms. The first-order chi connectivity index (χ1) is 20.9. The van der Waals surface area contributed by atoms with Gasteiger partial charge < -0.3 is 15.2 Å². The van der Waals surface area contributed by atoms with Gasteiger partial charge in [0.15, 0.2) is 12.1 Å². The summed E-state index contributed by atoms with van der Waals surface area (Å²) in [6.07, 6.45) is 1.17. The fourth-order valence-electron chi connectivity index (χ4n) is 4.81. The fraction of sp³-hybridized carbons (Fsp3) is 0.188. The van der Waals surface area contributed by atoms with Crippen molar-refractivity contribution in [3.8, 4) is 5.75 Å². The van der Waals surface area contributed by atoms with Gasteiger partial charge in [-0.1, -0.05) is 66.7 Å². The molecule has 5 rings (SSSR count). The van der Waals surface area contributed by atoms with E-state index in [0.29, 0.717) is 29.0 Å². The Kier molecular flexibility index (Phi) is 9.23. The highest BCUT2D eigenvalue weighted by Crippen LogP contribution is 2.43. The number of carbonyl (C=O) groups excluding carboxylic acids is 4. The standard InChI is InChI=1S/C32H29N3O7S/c1-2-17-41-34(20-36)27-30(38)35-26(24(19-43-31(27)35)18-40-25-15-13-23(14-16-25)29(33)37)32(39)42-28(21-9-5-3-6-10-21)22-11-7-4-8-12-22/h2-16,20,27-28,31H,1,17-19H2,(H2,33,37)/t27?,31-/m1/s1. The predicted octanol–water partition coefficient (Wildman–Crippen LogP) is 3.61. The van der Waals surface area contributed by atoms with Gasteiger partial charge in [-0.05, 0) is 35.4 Å². The monoisotopic (exact) mass is 599 g/mol. The van der Waals surface area contributed by atoms with Crippen molar-refractivity contribution in [1.82, 2.24) is 9.96 Å². The number of benzene rings is 3. The quantitative estimate of drug-likeness (QED) is 0.104. The first kappa shape index (κ1) is 29.6. The summed E-state index contributed by atoms with van der Waals surface area (Å²) in [5, 5.41) is 0.384. The summed E-state index contributed by atoms with van der Waals surface area (Å²) in [4.78, 5) is 57.5. The minimum Gasteiger partial charge on any atom is -0.489 e. The minimum atomic E-state index is -0.923. The maximum absolute atomic E-state index is 14.0. The third-order valence-electron chi connectivity index (χ3n) is 6.91. The number of amides is 3. The second kappa shape index (κ2) is 13.4. The minimum absolute atomic E-state index is 0.0276. The lowest BCUT2D eigenvalue weighted by atomic mass is 10.0. The number of hydrogen-bond acceptors (Lipinski definition) is 8. The van der Waals surface area contributed by atoms with E-state index in [9.17, 15) is 19.2 Å². The number of hydrogen-bond donors (Lipinski definition) is 1. The van der Waals surface area contributed by atoms with E-state index in [1.54, 1.807) is 12.1 Å². The Bertz CT molecular complexity index is 1490. The largest absolute Gasteiger partial charge is 0.489 e. The molecule has 2 aliphatic heterocycles. The molecule has 0 aromatic heterocycles.